The zero-order chi connectivity index (χ0) is 15.0. The van der Waals surface area contributed by atoms with Crippen molar-refractivity contribution in [3.8, 4) is 0 Å². The van der Waals surface area contributed by atoms with Gasteiger partial charge in [-0.2, -0.15) is 0 Å². The van der Waals surface area contributed by atoms with Gasteiger partial charge in [0.05, 0.1) is 6.54 Å². The van der Waals surface area contributed by atoms with Gasteiger partial charge in [0.1, 0.15) is 6.04 Å². The number of piperidine rings is 1. The number of fused-ring (bicyclic) bond motifs is 1. The lowest BCUT2D eigenvalue weighted by Gasteiger charge is -2.32. The molecule has 3 N–H and O–H groups in total. The predicted molar refractivity (Wildman–Crippen MR) is 77.6 cm³/mol. The molecule has 2 heterocycles. The number of carboxylic acids is 1. The van der Waals surface area contributed by atoms with Gasteiger partial charge >= 0.3 is 5.97 Å². The largest absolute Gasteiger partial charge is 0.480 e. The van der Waals surface area contributed by atoms with E-state index in [1.165, 1.54) is 0 Å². The van der Waals surface area contributed by atoms with Crippen molar-refractivity contribution >= 4 is 11.9 Å². The summed E-state index contributed by atoms with van der Waals surface area (Å²) >= 11 is 0. The van der Waals surface area contributed by atoms with Crippen LogP contribution in [0, 0.1) is 11.8 Å². The van der Waals surface area contributed by atoms with E-state index in [-0.39, 0.29) is 17.9 Å². The summed E-state index contributed by atoms with van der Waals surface area (Å²) in [6, 6.07) is -0.355. The van der Waals surface area contributed by atoms with Crippen LogP contribution in [0.2, 0.25) is 0 Å². The molecule has 3 fully saturated rings. The highest BCUT2D eigenvalue weighted by atomic mass is 16.4. The van der Waals surface area contributed by atoms with Crippen LogP contribution in [0.5, 0.6) is 0 Å². The Morgan fingerprint density at radius 2 is 1.86 bits per heavy atom. The summed E-state index contributed by atoms with van der Waals surface area (Å²) in [5.41, 5.74) is 5.87. The molecule has 2 saturated heterocycles. The molecule has 2 aliphatic heterocycles. The monoisotopic (exact) mass is 295 g/mol. The number of rotatable bonds is 3. The lowest BCUT2D eigenvalue weighted by atomic mass is 9.94. The van der Waals surface area contributed by atoms with Crippen molar-refractivity contribution < 1.29 is 14.7 Å². The number of hydrogen-bond acceptors (Lipinski definition) is 4. The first-order chi connectivity index (χ1) is 10.1. The van der Waals surface area contributed by atoms with Gasteiger partial charge in [-0.05, 0) is 37.5 Å². The molecule has 0 bridgehead atoms. The van der Waals surface area contributed by atoms with Crippen LogP contribution in [0.1, 0.15) is 32.1 Å². The van der Waals surface area contributed by atoms with E-state index < -0.39 is 12.0 Å². The maximum absolute atomic E-state index is 12.5. The van der Waals surface area contributed by atoms with Crippen LogP contribution in [-0.4, -0.2) is 65.0 Å². The average Bonchev–Trinajstić information content (AvgIpc) is 3.00. The van der Waals surface area contributed by atoms with Crippen molar-refractivity contribution in [1.29, 1.82) is 0 Å². The lowest BCUT2D eigenvalue weighted by Crippen LogP contribution is -2.49. The SMILES string of the molecule is NC1CCN(CC(=O)N2CC3CCCC3C2C(=O)O)CC1. The van der Waals surface area contributed by atoms with E-state index in [0.717, 1.165) is 45.2 Å². The highest BCUT2D eigenvalue weighted by Gasteiger charge is 2.49. The highest BCUT2D eigenvalue weighted by Crippen LogP contribution is 2.42. The van der Waals surface area contributed by atoms with Gasteiger partial charge in [-0.15, -0.1) is 0 Å². The van der Waals surface area contributed by atoms with Crippen LogP contribution in [0.25, 0.3) is 0 Å². The molecule has 1 saturated carbocycles. The van der Waals surface area contributed by atoms with Crippen LogP contribution in [0.3, 0.4) is 0 Å². The number of carbonyl (C=O) groups is 2. The summed E-state index contributed by atoms with van der Waals surface area (Å²) in [7, 11) is 0. The Labute approximate surface area is 125 Å². The molecule has 3 rings (SSSR count). The summed E-state index contributed by atoms with van der Waals surface area (Å²) < 4.78 is 0. The van der Waals surface area contributed by atoms with Crippen molar-refractivity contribution in [3.63, 3.8) is 0 Å². The van der Waals surface area contributed by atoms with Gasteiger partial charge in [0.25, 0.3) is 0 Å². The third kappa shape index (κ3) is 2.92. The first kappa shape index (κ1) is 14.8. The minimum Gasteiger partial charge on any atom is -0.480 e. The molecule has 0 aromatic heterocycles. The number of aliphatic carboxylic acids is 1. The molecular weight excluding hydrogens is 270 g/mol. The van der Waals surface area contributed by atoms with Gasteiger partial charge in [-0.3, -0.25) is 9.69 Å². The Hall–Kier alpha value is -1.14. The third-order valence-electron chi connectivity index (χ3n) is 5.45. The van der Waals surface area contributed by atoms with Crippen molar-refractivity contribution in [2.75, 3.05) is 26.2 Å². The number of amides is 1. The van der Waals surface area contributed by atoms with Crippen molar-refractivity contribution in [3.05, 3.63) is 0 Å². The molecule has 3 unspecified atom stereocenters. The molecule has 0 spiro atoms. The zero-order valence-electron chi connectivity index (χ0n) is 12.4. The highest BCUT2D eigenvalue weighted by molar-refractivity contribution is 5.86. The molecule has 6 nitrogen and oxygen atoms in total. The van der Waals surface area contributed by atoms with E-state index >= 15 is 0 Å². The molecular formula is C15H25N3O3. The molecule has 0 aromatic carbocycles. The first-order valence-corrected chi connectivity index (χ1v) is 8.06. The standard InChI is InChI=1S/C15H25N3O3/c16-11-4-6-17(7-5-11)9-13(19)18-8-10-2-1-3-12(10)14(18)15(20)21/h10-12,14H,1-9,16H2,(H,20,21). The van der Waals surface area contributed by atoms with Crippen LogP contribution in [-0.2, 0) is 9.59 Å². The number of carbonyl (C=O) groups excluding carboxylic acids is 1. The number of hydrogen-bond donors (Lipinski definition) is 2. The van der Waals surface area contributed by atoms with E-state index in [1.54, 1.807) is 4.90 Å². The third-order valence-corrected chi connectivity index (χ3v) is 5.45. The van der Waals surface area contributed by atoms with Crippen LogP contribution in [0.4, 0.5) is 0 Å². The van der Waals surface area contributed by atoms with E-state index in [1.807, 2.05) is 0 Å². The molecule has 21 heavy (non-hydrogen) atoms. The fourth-order valence-electron chi connectivity index (χ4n) is 4.27. The number of likely N-dealkylation sites (tertiary alicyclic amines) is 2. The van der Waals surface area contributed by atoms with Gasteiger partial charge in [-0.1, -0.05) is 6.42 Å². The topological polar surface area (TPSA) is 86.9 Å². The normalized spacial score (nSPS) is 34.1. The van der Waals surface area contributed by atoms with Crippen LogP contribution in [0.15, 0.2) is 0 Å². The molecule has 1 aliphatic carbocycles. The Morgan fingerprint density at radius 1 is 1.14 bits per heavy atom. The molecule has 3 aliphatic rings. The second-order valence-corrected chi connectivity index (χ2v) is 6.80. The predicted octanol–water partition coefficient (Wildman–Crippen LogP) is 0.121. The van der Waals surface area contributed by atoms with Crippen LogP contribution >= 0.6 is 0 Å². The summed E-state index contributed by atoms with van der Waals surface area (Å²) in [4.78, 5) is 27.8. The molecule has 0 radical (unpaired) electrons. The molecule has 0 aromatic rings. The Balaban J connectivity index is 1.62. The molecule has 118 valence electrons. The number of nitrogens with two attached hydrogens (primary N) is 1. The van der Waals surface area contributed by atoms with Crippen molar-refractivity contribution in [2.24, 2.45) is 17.6 Å². The van der Waals surface area contributed by atoms with Crippen molar-refractivity contribution in [1.82, 2.24) is 9.80 Å². The summed E-state index contributed by atoms with van der Waals surface area (Å²) in [6.45, 7) is 2.65. The quantitative estimate of drug-likeness (QED) is 0.772. The molecule has 1 amide bonds. The molecule has 3 atom stereocenters. The molecule has 6 heteroatoms. The van der Waals surface area contributed by atoms with Crippen LogP contribution < -0.4 is 5.73 Å². The van der Waals surface area contributed by atoms with Gasteiger partial charge in [0.15, 0.2) is 0 Å². The van der Waals surface area contributed by atoms with E-state index in [4.69, 9.17) is 5.73 Å². The zero-order valence-corrected chi connectivity index (χ0v) is 12.4. The second-order valence-electron chi connectivity index (χ2n) is 6.80. The number of carboxylic acid groups (broad SMARTS) is 1. The van der Waals surface area contributed by atoms with E-state index in [2.05, 4.69) is 4.90 Å². The van der Waals surface area contributed by atoms with E-state index in [9.17, 15) is 14.7 Å². The smallest absolute Gasteiger partial charge is 0.326 e. The summed E-state index contributed by atoms with van der Waals surface area (Å²) in [5, 5.41) is 9.50. The fraction of sp³-hybridized carbons (Fsp3) is 0.867. The minimum absolute atomic E-state index is 0.0210. The second kappa shape index (κ2) is 5.93. The summed E-state index contributed by atoms with van der Waals surface area (Å²) in [6.07, 6.45) is 4.95. The lowest BCUT2D eigenvalue weighted by molar-refractivity contribution is -0.150. The Kier molecular flexibility index (Phi) is 4.17. The Bertz CT molecular complexity index is 420. The van der Waals surface area contributed by atoms with Crippen molar-refractivity contribution in [2.45, 2.75) is 44.2 Å². The van der Waals surface area contributed by atoms with Gasteiger partial charge < -0.3 is 15.7 Å². The minimum atomic E-state index is -0.835. The van der Waals surface area contributed by atoms with Gasteiger partial charge in [0, 0.05) is 25.7 Å². The fourth-order valence-corrected chi connectivity index (χ4v) is 4.27. The summed E-state index contributed by atoms with van der Waals surface area (Å²) in [5.74, 6) is -0.295. The van der Waals surface area contributed by atoms with Gasteiger partial charge in [0.2, 0.25) is 5.91 Å². The Morgan fingerprint density at radius 3 is 2.52 bits per heavy atom. The number of nitrogens with zero attached hydrogens (tertiary/aromatic N) is 2. The maximum atomic E-state index is 12.5. The van der Waals surface area contributed by atoms with Gasteiger partial charge in [-0.25, -0.2) is 4.79 Å². The maximum Gasteiger partial charge on any atom is 0.326 e. The first-order valence-electron chi connectivity index (χ1n) is 8.06. The van der Waals surface area contributed by atoms with E-state index in [0.29, 0.717) is 19.0 Å². The average molecular weight is 295 g/mol.